The summed E-state index contributed by atoms with van der Waals surface area (Å²) < 4.78 is 2.38. The predicted octanol–water partition coefficient (Wildman–Crippen LogP) is 16.7. The molecule has 1 aliphatic carbocycles. The van der Waals surface area contributed by atoms with Crippen LogP contribution in [0.1, 0.15) is 25.0 Å². The molecular formula is C61H44N2. The Morgan fingerprint density at radius 1 is 0.333 bits per heavy atom. The Morgan fingerprint density at radius 2 is 0.889 bits per heavy atom. The molecule has 2 heteroatoms. The molecule has 0 spiro atoms. The van der Waals surface area contributed by atoms with Crippen LogP contribution in [0.15, 0.2) is 231 Å². The van der Waals surface area contributed by atoms with Crippen molar-refractivity contribution in [3.05, 3.63) is 242 Å². The number of hydrogen-bond acceptors (Lipinski definition) is 1. The van der Waals surface area contributed by atoms with Gasteiger partial charge in [-0.25, -0.2) is 0 Å². The van der Waals surface area contributed by atoms with Gasteiger partial charge in [0.1, 0.15) is 0 Å². The van der Waals surface area contributed by atoms with Gasteiger partial charge in [-0.3, -0.25) is 0 Å². The summed E-state index contributed by atoms with van der Waals surface area (Å²) >= 11 is 0. The second-order valence-electron chi connectivity index (χ2n) is 17.4. The van der Waals surface area contributed by atoms with E-state index in [1.54, 1.807) is 0 Å². The third-order valence-electron chi connectivity index (χ3n) is 13.3. The normalized spacial score (nSPS) is 12.7. The standard InChI is InChI=1S/C61H44N2/c1-61(2)57-25-11-9-23-53(57)54-33-32-52(40-58(54)61)62(51-31-29-46-36-45(27-28-47(46)38-51)41-15-5-3-6-16-41)50-22-14-19-44(37-50)42-17-13-18-43(35-42)48-30-34-60-56(39-48)55-24-10-12-26-59(55)63(60)49-20-7-4-8-21-49/h3-40H,1-2H3. The molecule has 0 fully saturated rings. The molecule has 0 aliphatic heterocycles. The quantitative estimate of drug-likeness (QED) is 0.156. The zero-order chi connectivity index (χ0) is 42.1. The molecule has 0 saturated carbocycles. The van der Waals surface area contributed by atoms with Gasteiger partial charge >= 0.3 is 0 Å². The predicted molar refractivity (Wildman–Crippen MR) is 267 cm³/mol. The van der Waals surface area contributed by atoms with E-state index in [-0.39, 0.29) is 5.41 Å². The fourth-order valence-electron chi connectivity index (χ4n) is 10.2. The van der Waals surface area contributed by atoms with Crippen molar-refractivity contribution in [1.82, 2.24) is 4.57 Å². The fourth-order valence-corrected chi connectivity index (χ4v) is 10.2. The third kappa shape index (κ3) is 6.17. The third-order valence-corrected chi connectivity index (χ3v) is 13.3. The van der Waals surface area contributed by atoms with E-state index in [1.165, 1.54) is 93.9 Å². The first-order chi connectivity index (χ1) is 31.0. The van der Waals surface area contributed by atoms with Crippen molar-refractivity contribution in [3.8, 4) is 50.2 Å². The Morgan fingerprint density at radius 3 is 1.73 bits per heavy atom. The smallest absolute Gasteiger partial charge is 0.0541 e. The van der Waals surface area contributed by atoms with Crippen LogP contribution < -0.4 is 4.90 Å². The lowest BCUT2D eigenvalue weighted by molar-refractivity contribution is 0.660. The summed E-state index contributed by atoms with van der Waals surface area (Å²) in [6.07, 6.45) is 0. The number of rotatable bonds is 7. The molecule has 0 saturated heterocycles. The molecule has 1 aromatic heterocycles. The van der Waals surface area contributed by atoms with Crippen LogP contribution in [0.25, 0.3) is 82.8 Å². The van der Waals surface area contributed by atoms with Gasteiger partial charge in [-0.2, -0.15) is 0 Å². The van der Waals surface area contributed by atoms with E-state index in [0.717, 1.165) is 17.1 Å². The molecule has 1 aliphatic rings. The second-order valence-corrected chi connectivity index (χ2v) is 17.4. The van der Waals surface area contributed by atoms with Crippen LogP contribution in [-0.2, 0) is 5.41 Å². The van der Waals surface area contributed by atoms with Gasteiger partial charge in [-0.1, -0.05) is 166 Å². The molecule has 12 rings (SSSR count). The van der Waals surface area contributed by atoms with Gasteiger partial charge in [0.2, 0.25) is 0 Å². The first-order valence-electron chi connectivity index (χ1n) is 21.9. The molecule has 0 bridgehead atoms. The van der Waals surface area contributed by atoms with E-state index in [0.29, 0.717) is 0 Å². The number of hydrogen-bond donors (Lipinski definition) is 0. The van der Waals surface area contributed by atoms with Gasteiger partial charge in [0.25, 0.3) is 0 Å². The molecule has 2 nitrogen and oxygen atoms in total. The summed E-state index contributed by atoms with van der Waals surface area (Å²) in [7, 11) is 0. The van der Waals surface area contributed by atoms with Crippen molar-refractivity contribution < 1.29 is 0 Å². The van der Waals surface area contributed by atoms with Crippen molar-refractivity contribution in [2.24, 2.45) is 0 Å². The summed E-state index contributed by atoms with van der Waals surface area (Å²) in [6, 6.07) is 84.7. The molecule has 0 N–H and O–H groups in total. The van der Waals surface area contributed by atoms with Gasteiger partial charge in [0.05, 0.1) is 11.0 Å². The highest BCUT2D eigenvalue weighted by Gasteiger charge is 2.35. The Balaban J connectivity index is 0.963. The summed E-state index contributed by atoms with van der Waals surface area (Å²) in [5.41, 5.74) is 19.4. The maximum Gasteiger partial charge on any atom is 0.0541 e. The summed E-state index contributed by atoms with van der Waals surface area (Å²) in [6.45, 7) is 4.72. The molecular weight excluding hydrogens is 761 g/mol. The number of para-hydroxylation sites is 2. The SMILES string of the molecule is CC1(C)c2ccccc2-c2ccc(N(c3cccc(-c4cccc(-c5ccc6c(c5)c5ccccc5n6-c5ccccc5)c4)c3)c3ccc4cc(-c5ccccc5)ccc4c3)cc21. The van der Waals surface area contributed by atoms with E-state index in [9.17, 15) is 0 Å². The average Bonchev–Trinajstić information content (AvgIpc) is 3.79. The summed E-state index contributed by atoms with van der Waals surface area (Å²) in [4.78, 5) is 2.44. The number of anilines is 3. The molecule has 0 unspecified atom stereocenters. The van der Waals surface area contributed by atoms with Gasteiger partial charge in [-0.15, -0.1) is 0 Å². The minimum Gasteiger partial charge on any atom is -0.310 e. The maximum atomic E-state index is 2.44. The zero-order valence-electron chi connectivity index (χ0n) is 35.3. The minimum atomic E-state index is -0.118. The molecule has 0 radical (unpaired) electrons. The van der Waals surface area contributed by atoms with Gasteiger partial charge in [0, 0.05) is 38.9 Å². The Kier molecular flexibility index (Phi) is 8.55. The Bertz CT molecular complexity index is 3540. The van der Waals surface area contributed by atoms with Crippen molar-refractivity contribution >= 4 is 49.6 Å². The van der Waals surface area contributed by atoms with E-state index in [1.807, 2.05) is 0 Å². The number of benzene rings is 10. The van der Waals surface area contributed by atoms with Crippen LogP contribution >= 0.6 is 0 Å². The van der Waals surface area contributed by atoms with Crippen molar-refractivity contribution in [1.29, 1.82) is 0 Å². The van der Waals surface area contributed by atoms with Crippen LogP contribution in [0.2, 0.25) is 0 Å². The summed E-state index contributed by atoms with van der Waals surface area (Å²) in [5, 5.41) is 4.94. The maximum absolute atomic E-state index is 2.44. The lowest BCUT2D eigenvalue weighted by atomic mass is 9.82. The monoisotopic (exact) mass is 804 g/mol. The summed E-state index contributed by atoms with van der Waals surface area (Å²) in [5.74, 6) is 0. The molecule has 63 heavy (non-hydrogen) atoms. The minimum absolute atomic E-state index is 0.118. The van der Waals surface area contributed by atoms with E-state index >= 15 is 0 Å². The Labute approximate surface area is 368 Å². The lowest BCUT2D eigenvalue weighted by Gasteiger charge is -2.29. The number of aromatic nitrogens is 1. The first kappa shape index (κ1) is 36.9. The lowest BCUT2D eigenvalue weighted by Crippen LogP contribution is -2.16. The molecule has 10 aromatic carbocycles. The van der Waals surface area contributed by atoms with E-state index < -0.39 is 0 Å². The van der Waals surface area contributed by atoms with Crippen molar-refractivity contribution in [2.45, 2.75) is 19.3 Å². The van der Waals surface area contributed by atoms with Crippen LogP contribution in [0.3, 0.4) is 0 Å². The van der Waals surface area contributed by atoms with Crippen LogP contribution in [0.4, 0.5) is 17.1 Å². The highest BCUT2D eigenvalue weighted by Crippen LogP contribution is 2.51. The van der Waals surface area contributed by atoms with Crippen LogP contribution in [0, 0.1) is 0 Å². The molecule has 0 amide bonds. The van der Waals surface area contributed by atoms with Gasteiger partial charge in [0.15, 0.2) is 0 Å². The topological polar surface area (TPSA) is 8.17 Å². The van der Waals surface area contributed by atoms with Gasteiger partial charge in [-0.05, 0) is 145 Å². The number of fused-ring (bicyclic) bond motifs is 7. The van der Waals surface area contributed by atoms with Gasteiger partial charge < -0.3 is 9.47 Å². The van der Waals surface area contributed by atoms with Crippen molar-refractivity contribution in [2.75, 3.05) is 4.90 Å². The molecule has 11 aromatic rings. The fraction of sp³-hybridized carbons (Fsp3) is 0.0492. The van der Waals surface area contributed by atoms with E-state index in [4.69, 9.17) is 0 Å². The highest BCUT2D eigenvalue weighted by atomic mass is 15.1. The zero-order valence-corrected chi connectivity index (χ0v) is 35.3. The highest BCUT2D eigenvalue weighted by molar-refractivity contribution is 6.10. The van der Waals surface area contributed by atoms with E-state index in [2.05, 4.69) is 254 Å². The second kappa shape index (κ2) is 14.6. The van der Waals surface area contributed by atoms with Crippen LogP contribution in [0.5, 0.6) is 0 Å². The van der Waals surface area contributed by atoms with Crippen LogP contribution in [-0.4, -0.2) is 4.57 Å². The van der Waals surface area contributed by atoms with Crippen molar-refractivity contribution in [3.63, 3.8) is 0 Å². The average molecular weight is 805 g/mol. The number of nitrogens with zero attached hydrogens (tertiary/aromatic N) is 2. The molecule has 1 heterocycles. The molecule has 298 valence electrons. The first-order valence-corrected chi connectivity index (χ1v) is 21.9. The largest absolute Gasteiger partial charge is 0.310 e. The molecule has 0 atom stereocenters. The Hall–Kier alpha value is -7.94.